The second kappa shape index (κ2) is 6.08. The van der Waals surface area contributed by atoms with Gasteiger partial charge in [-0.3, -0.25) is 0 Å². The van der Waals surface area contributed by atoms with E-state index in [1.165, 1.54) is 4.88 Å². The van der Waals surface area contributed by atoms with Crippen LogP contribution in [0.2, 0.25) is 0 Å². The van der Waals surface area contributed by atoms with Crippen LogP contribution in [0.25, 0.3) is 0 Å². The van der Waals surface area contributed by atoms with Gasteiger partial charge < -0.3 is 15.0 Å². The zero-order chi connectivity index (χ0) is 13.9. The molecule has 1 unspecified atom stereocenters. The summed E-state index contributed by atoms with van der Waals surface area (Å²) in [6, 6.07) is 4.86. The molecular formula is C15H21N3OS. The first-order valence-electron chi connectivity index (χ1n) is 7.19. The molecule has 0 saturated heterocycles. The van der Waals surface area contributed by atoms with E-state index < -0.39 is 0 Å². The molecule has 2 heterocycles. The zero-order valence-electron chi connectivity index (χ0n) is 11.7. The van der Waals surface area contributed by atoms with Gasteiger partial charge in [-0.1, -0.05) is 6.07 Å². The predicted octanol–water partition coefficient (Wildman–Crippen LogP) is 2.46. The first kappa shape index (κ1) is 13.8. The normalized spacial score (nSPS) is 24.7. The standard InChI is InChI=1S/C15H21N3OS/c1-18-9-8-16-15(18)14(13-3-2-10-20-13)17-11-4-6-12(19)7-5-11/h2-3,8-12,14,17,19H,4-7H2,1H3. The van der Waals surface area contributed by atoms with Crippen LogP contribution in [0.3, 0.4) is 0 Å². The number of imidazole rings is 1. The van der Waals surface area contributed by atoms with Gasteiger partial charge in [0.15, 0.2) is 0 Å². The van der Waals surface area contributed by atoms with Gasteiger partial charge >= 0.3 is 0 Å². The molecule has 0 aliphatic heterocycles. The van der Waals surface area contributed by atoms with E-state index in [1.54, 1.807) is 11.3 Å². The Balaban J connectivity index is 1.78. The molecule has 2 aromatic heterocycles. The van der Waals surface area contributed by atoms with Gasteiger partial charge in [0.25, 0.3) is 0 Å². The van der Waals surface area contributed by atoms with Crippen LogP contribution in [-0.2, 0) is 7.05 Å². The number of aromatic nitrogens is 2. The fraction of sp³-hybridized carbons (Fsp3) is 0.533. The van der Waals surface area contributed by atoms with Crippen molar-refractivity contribution in [1.29, 1.82) is 0 Å². The highest BCUT2D eigenvalue weighted by molar-refractivity contribution is 7.10. The Labute approximate surface area is 123 Å². The van der Waals surface area contributed by atoms with Gasteiger partial charge in [-0.2, -0.15) is 0 Å². The summed E-state index contributed by atoms with van der Waals surface area (Å²) in [4.78, 5) is 5.81. The third-order valence-electron chi connectivity index (χ3n) is 4.04. The summed E-state index contributed by atoms with van der Waals surface area (Å²) in [6.45, 7) is 0. The number of hydrogen-bond donors (Lipinski definition) is 2. The zero-order valence-corrected chi connectivity index (χ0v) is 12.5. The van der Waals surface area contributed by atoms with E-state index in [2.05, 4.69) is 32.4 Å². The molecule has 4 nitrogen and oxygen atoms in total. The minimum Gasteiger partial charge on any atom is -0.393 e. The maximum absolute atomic E-state index is 9.63. The third-order valence-corrected chi connectivity index (χ3v) is 4.98. The van der Waals surface area contributed by atoms with Gasteiger partial charge in [0.05, 0.1) is 6.10 Å². The number of aryl methyl sites for hydroxylation is 1. The van der Waals surface area contributed by atoms with E-state index in [0.717, 1.165) is 31.5 Å². The highest BCUT2D eigenvalue weighted by Gasteiger charge is 2.25. The van der Waals surface area contributed by atoms with Crippen LogP contribution < -0.4 is 5.32 Å². The van der Waals surface area contributed by atoms with Gasteiger partial charge in [-0.25, -0.2) is 4.98 Å². The first-order valence-corrected chi connectivity index (χ1v) is 8.06. The van der Waals surface area contributed by atoms with E-state index >= 15 is 0 Å². The second-order valence-corrected chi connectivity index (χ2v) is 6.50. The molecule has 0 aromatic carbocycles. The van der Waals surface area contributed by atoms with Crippen molar-refractivity contribution < 1.29 is 5.11 Å². The molecule has 3 rings (SSSR count). The van der Waals surface area contributed by atoms with Crippen LogP contribution >= 0.6 is 11.3 Å². The summed E-state index contributed by atoms with van der Waals surface area (Å²) >= 11 is 1.76. The minimum atomic E-state index is -0.110. The van der Waals surface area contributed by atoms with E-state index in [1.807, 2.05) is 19.4 Å². The summed E-state index contributed by atoms with van der Waals surface area (Å²) in [5.74, 6) is 1.05. The average Bonchev–Trinajstić information content (AvgIpc) is 3.10. The molecule has 1 aliphatic rings. The molecule has 2 N–H and O–H groups in total. The number of nitrogens with one attached hydrogen (secondary N) is 1. The smallest absolute Gasteiger partial charge is 0.131 e. The van der Waals surface area contributed by atoms with Crippen molar-refractivity contribution in [3.8, 4) is 0 Å². The van der Waals surface area contributed by atoms with E-state index in [4.69, 9.17) is 0 Å². The minimum absolute atomic E-state index is 0.110. The number of aliphatic hydroxyl groups excluding tert-OH is 1. The van der Waals surface area contributed by atoms with Gasteiger partial charge in [-0.15, -0.1) is 11.3 Å². The highest BCUT2D eigenvalue weighted by atomic mass is 32.1. The van der Waals surface area contributed by atoms with Crippen molar-refractivity contribution in [2.45, 2.75) is 43.9 Å². The molecule has 0 bridgehead atoms. The monoisotopic (exact) mass is 291 g/mol. The maximum atomic E-state index is 9.63. The summed E-state index contributed by atoms with van der Waals surface area (Å²) in [5, 5.41) is 15.5. The fourth-order valence-corrected chi connectivity index (χ4v) is 3.65. The van der Waals surface area contributed by atoms with Crippen molar-refractivity contribution in [1.82, 2.24) is 14.9 Å². The lowest BCUT2D eigenvalue weighted by molar-refractivity contribution is 0.115. The first-order chi connectivity index (χ1) is 9.74. The van der Waals surface area contributed by atoms with Gasteiger partial charge in [-0.05, 0) is 37.1 Å². The summed E-state index contributed by atoms with van der Waals surface area (Å²) in [7, 11) is 2.04. The number of nitrogens with zero attached hydrogens (tertiary/aromatic N) is 2. The number of aliphatic hydroxyl groups is 1. The van der Waals surface area contributed by atoms with E-state index in [0.29, 0.717) is 6.04 Å². The lowest BCUT2D eigenvalue weighted by Crippen LogP contribution is -2.38. The number of hydrogen-bond acceptors (Lipinski definition) is 4. The van der Waals surface area contributed by atoms with Gasteiger partial charge in [0.2, 0.25) is 0 Å². The molecule has 1 aliphatic carbocycles. The molecule has 1 atom stereocenters. The second-order valence-electron chi connectivity index (χ2n) is 5.52. The van der Waals surface area contributed by atoms with Crippen LogP contribution in [0.4, 0.5) is 0 Å². The maximum Gasteiger partial charge on any atom is 0.131 e. The third kappa shape index (κ3) is 2.95. The van der Waals surface area contributed by atoms with E-state index in [9.17, 15) is 5.11 Å². The van der Waals surface area contributed by atoms with Crippen molar-refractivity contribution in [3.05, 3.63) is 40.6 Å². The van der Waals surface area contributed by atoms with Crippen molar-refractivity contribution >= 4 is 11.3 Å². The van der Waals surface area contributed by atoms with Crippen LogP contribution in [0, 0.1) is 0 Å². The number of thiophene rings is 1. The van der Waals surface area contributed by atoms with Gasteiger partial charge in [0, 0.05) is 30.4 Å². The van der Waals surface area contributed by atoms with Crippen molar-refractivity contribution in [2.24, 2.45) is 7.05 Å². The SMILES string of the molecule is Cn1ccnc1C(NC1CCC(O)CC1)c1cccs1. The molecule has 1 saturated carbocycles. The molecule has 1 fully saturated rings. The molecule has 2 aromatic rings. The molecule has 0 spiro atoms. The predicted molar refractivity (Wildman–Crippen MR) is 80.8 cm³/mol. The number of rotatable bonds is 4. The molecule has 20 heavy (non-hydrogen) atoms. The van der Waals surface area contributed by atoms with Crippen LogP contribution in [0.15, 0.2) is 29.9 Å². The van der Waals surface area contributed by atoms with Crippen molar-refractivity contribution in [2.75, 3.05) is 0 Å². The van der Waals surface area contributed by atoms with Crippen LogP contribution in [-0.4, -0.2) is 26.8 Å². The lowest BCUT2D eigenvalue weighted by Gasteiger charge is -2.30. The fourth-order valence-electron chi connectivity index (χ4n) is 2.87. The van der Waals surface area contributed by atoms with Crippen LogP contribution in [0.5, 0.6) is 0 Å². The Kier molecular flexibility index (Phi) is 4.19. The summed E-state index contributed by atoms with van der Waals surface area (Å²) in [6.07, 6.45) is 7.59. The molecular weight excluding hydrogens is 270 g/mol. The van der Waals surface area contributed by atoms with Crippen molar-refractivity contribution in [3.63, 3.8) is 0 Å². The topological polar surface area (TPSA) is 50.1 Å². The van der Waals surface area contributed by atoms with E-state index in [-0.39, 0.29) is 12.1 Å². The summed E-state index contributed by atoms with van der Waals surface area (Å²) < 4.78 is 2.08. The quantitative estimate of drug-likeness (QED) is 0.910. The molecule has 108 valence electrons. The molecule has 0 radical (unpaired) electrons. The Morgan fingerprint density at radius 2 is 2.20 bits per heavy atom. The Morgan fingerprint density at radius 3 is 2.80 bits per heavy atom. The highest BCUT2D eigenvalue weighted by Crippen LogP contribution is 2.28. The van der Waals surface area contributed by atoms with Crippen LogP contribution in [0.1, 0.15) is 42.4 Å². The lowest BCUT2D eigenvalue weighted by atomic mass is 9.92. The molecule has 0 amide bonds. The Bertz CT molecular complexity index is 529. The van der Waals surface area contributed by atoms with Gasteiger partial charge in [0.1, 0.15) is 11.9 Å². The Morgan fingerprint density at radius 1 is 1.40 bits per heavy atom. The largest absolute Gasteiger partial charge is 0.393 e. The summed E-state index contributed by atoms with van der Waals surface area (Å²) in [5.41, 5.74) is 0. The molecule has 5 heteroatoms. The Hall–Kier alpha value is -1.17. The average molecular weight is 291 g/mol.